The van der Waals surface area contributed by atoms with Crippen LogP contribution in [-0.2, 0) is 6.42 Å². The zero-order valence-corrected chi connectivity index (χ0v) is 41.7. The Morgan fingerprint density at radius 3 is 1.74 bits per heavy atom. The van der Waals surface area contributed by atoms with Gasteiger partial charge in [-0.2, -0.15) is 0 Å². The molecule has 0 N–H and O–H groups in total. The van der Waals surface area contributed by atoms with Crippen molar-refractivity contribution in [3.63, 3.8) is 0 Å². The van der Waals surface area contributed by atoms with Gasteiger partial charge in [-0.3, -0.25) is 0 Å². The van der Waals surface area contributed by atoms with Crippen LogP contribution in [0.15, 0.2) is 211 Å². The zero-order chi connectivity index (χ0) is 48.4. The van der Waals surface area contributed by atoms with Crippen molar-refractivity contribution in [2.75, 3.05) is 0 Å². The van der Waals surface area contributed by atoms with Gasteiger partial charge in [0, 0.05) is 39.6 Å². The lowest BCUT2D eigenvalue weighted by Crippen LogP contribution is -2.19. The monoisotopic (exact) mass is 934 g/mol. The molecular formula is C70H62O2. The molecule has 10 aromatic carbocycles. The van der Waals surface area contributed by atoms with Crippen molar-refractivity contribution in [2.24, 2.45) is 0 Å². The Bertz CT molecular complexity index is 3670. The van der Waals surface area contributed by atoms with Crippen molar-refractivity contribution in [1.82, 2.24) is 0 Å². The Balaban J connectivity index is 1.14. The van der Waals surface area contributed by atoms with E-state index < -0.39 is 0 Å². The van der Waals surface area contributed by atoms with Gasteiger partial charge >= 0.3 is 0 Å². The molecule has 12 rings (SSSR count). The van der Waals surface area contributed by atoms with E-state index >= 15 is 0 Å². The molecule has 0 aliphatic carbocycles. The number of furan rings is 1. The summed E-state index contributed by atoms with van der Waals surface area (Å²) in [6, 6.07) is 76.4. The maximum atomic E-state index is 7.59. The normalized spacial score (nSPS) is 14.4. The van der Waals surface area contributed by atoms with Crippen molar-refractivity contribution in [2.45, 2.75) is 90.1 Å². The lowest BCUT2D eigenvalue weighted by Gasteiger charge is -2.20. The Labute approximate surface area is 425 Å². The van der Waals surface area contributed by atoms with Crippen LogP contribution in [-0.4, -0.2) is 6.10 Å². The van der Waals surface area contributed by atoms with E-state index in [0.717, 1.165) is 70.1 Å². The summed E-state index contributed by atoms with van der Waals surface area (Å²) in [6.45, 7) is 4.58. The molecule has 0 fully saturated rings. The Kier molecular flexibility index (Phi) is 12.8. The molecular weight excluding hydrogens is 873 g/mol. The highest BCUT2D eigenvalue weighted by Gasteiger charge is 2.39. The van der Waals surface area contributed by atoms with Crippen LogP contribution in [0.2, 0.25) is 0 Å². The predicted molar refractivity (Wildman–Crippen MR) is 305 cm³/mol. The van der Waals surface area contributed by atoms with Crippen molar-refractivity contribution in [1.29, 1.82) is 0 Å². The third-order valence-electron chi connectivity index (χ3n) is 15.5. The van der Waals surface area contributed by atoms with Crippen LogP contribution in [0.1, 0.15) is 94.4 Å². The number of benzene rings is 10. The maximum Gasteiger partial charge on any atom is 0.143 e. The van der Waals surface area contributed by atoms with Crippen molar-refractivity contribution < 1.29 is 9.15 Å². The molecule has 0 amide bonds. The predicted octanol–water partition coefficient (Wildman–Crippen LogP) is 20.2. The van der Waals surface area contributed by atoms with Gasteiger partial charge in [0.15, 0.2) is 0 Å². The lowest BCUT2D eigenvalue weighted by molar-refractivity contribution is 0.203. The molecule has 0 bridgehead atoms. The van der Waals surface area contributed by atoms with E-state index in [0.29, 0.717) is 0 Å². The highest BCUT2D eigenvalue weighted by Crippen LogP contribution is 2.55. The fourth-order valence-corrected chi connectivity index (χ4v) is 11.8. The summed E-state index contributed by atoms with van der Waals surface area (Å²) in [5.74, 6) is 2.13. The Hall–Kier alpha value is -7.68. The quantitative estimate of drug-likeness (QED) is 0.0901. The standard InChI is InChI=1S/C70H62O2/c1-3-5-7-15-32-63-65(53-24-11-9-12-25-53)61-45-59(51-37-34-48(35-38-51)56-43-36-47-22-17-18-28-55(47)44-56)67-68(70(61)72-63)60(52-41-39-50(40-42-52)58-31-21-29-49-23-19-20-30-57(49)58)46-62-66(54-26-13-10-14-27-54)64(71-69(62)67)33-16-8-6-4-2/h9-14,17-31,34-46,64,66H,3-8,15-16,32-33H2,1-2H3. The van der Waals surface area contributed by atoms with Crippen LogP contribution < -0.4 is 4.74 Å². The van der Waals surface area contributed by atoms with E-state index in [1.54, 1.807) is 0 Å². The minimum atomic E-state index is -0.00382. The van der Waals surface area contributed by atoms with Gasteiger partial charge in [0.25, 0.3) is 0 Å². The van der Waals surface area contributed by atoms with Crippen LogP contribution in [0.3, 0.4) is 0 Å². The number of ether oxygens (including phenoxy) is 1. The summed E-state index contributed by atoms with van der Waals surface area (Å²) in [4.78, 5) is 0. The third-order valence-corrected chi connectivity index (χ3v) is 15.5. The first-order valence-electron chi connectivity index (χ1n) is 26.7. The molecule has 2 heteroatoms. The summed E-state index contributed by atoms with van der Waals surface area (Å²) in [5, 5.41) is 8.41. The van der Waals surface area contributed by atoms with Crippen LogP contribution in [0, 0.1) is 0 Å². The number of aryl methyl sites for hydroxylation is 1. The number of fused-ring (bicyclic) bond motifs is 7. The average Bonchev–Trinajstić information content (AvgIpc) is 4.01. The molecule has 0 saturated heterocycles. The molecule has 2 heterocycles. The highest BCUT2D eigenvalue weighted by atomic mass is 16.5. The fraction of sp³-hybridized carbons (Fsp3) is 0.200. The smallest absolute Gasteiger partial charge is 0.143 e. The molecule has 0 spiro atoms. The largest absolute Gasteiger partial charge is 0.488 e. The molecule has 0 saturated carbocycles. The minimum absolute atomic E-state index is 0.00382. The van der Waals surface area contributed by atoms with Crippen LogP contribution in [0.5, 0.6) is 5.75 Å². The number of rotatable bonds is 16. The molecule has 1 aliphatic heterocycles. The van der Waals surface area contributed by atoms with E-state index in [1.807, 2.05) is 0 Å². The first kappa shape index (κ1) is 45.5. The molecule has 2 atom stereocenters. The maximum absolute atomic E-state index is 7.59. The fourth-order valence-electron chi connectivity index (χ4n) is 11.8. The van der Waals surface area contributed by atoms with Gasteiger partial charge in [0.05, 0.1) is 0 Å². The molecule has 354 valence electrons. The molecule has 11 aromatic rings. The SMILES string of the molecule is CCCCCCc1oc2c(cc(-c3ccc(-c4ccc5ccccc5c4)cc3)c3c4c(cc(-c5ccc(-c6cccc7ccccc67)cc5)c32)C(c2ccccc2)C(CCCCCC)O4)c1-c1ccccc1. The van der Waals surface area contributed by atoms with Gasteiger partial charge in [-0.1, -0.05) is 240 Å². The van der Waals surface area contributed by atoms with Crippen molar-refractivity contribution in [3.05, 3.63) is 223 Å². The van der Waals surface area contributed by atoms with Gasteiger partial charge in [-0.05, 0) is 115 Å². The highest BCUT2D eigenvalue weighted by molar-refractivity contribution is 6.22. The number of unbranched alkanes of at least 4 members (excludes halogenated alkanes) is 6. The summed E-state index contributed by atoms with van der Waals surface area (Å²) in [6.07, 6.45) is 11.3. The van der Waals surface area contributed by atoms with Crippen LogP contribution in [0.4, 0.5) is 0 Å². The van der Waals surface area contributed by atoms with Crippen molar-refractivity contribution >= 4 is 43.3 Å². The molecule has 1 aliphatic rings. The molecule has 72 heavy (non-hydrogen) atoms. The third kappa shape index (κ3) is 8.57. The average molecular weight is 935 g/mol. The first-order valence-corrected chi connectivity index (χ1v) is 26.7. The zero-order valence-electron chi connectivity index (χ0n) is 41.7. The number of hydrogen-bond donors (Lipinski definition) is 0. The van der Waals surface area contributed by atoms with E-state index in [9.17, 15) is 0 Å². The molecule has 2 nitrogen and oxygen atoms in total. The topological polar surface area (TPSA) is 22.4 Å². The summed E-state index contributed by atoms with van der Waals surface area (Å²) in [5.41, 5.74) is 15.4. The van der Waals surface area contributed by atoms with Gasteiger partial charge in [-0.25, -0.2) is 0 Å². The summed E-state index contributed by atoms with van der Waals surface area (Å²) < 4.78 is 15.1. The van der Waals surface area contributed by atoms with Gasteiger partial charge < -0.3 is 9.15 Å². The summed E-state index contributed by atoms with van der Waals surface area (Å²) >= 11 is 0. The molecule has 0 radical (unpaired) electrons. The van der Waals surface area contributed by atoms with E-state index in [-0.39, 0.29) is 12.0 Å². The lowest BCUT2D eigenvalue weighted by atomic mass is 9.81. The Morgan fingerprint density at radius 2 is 1.00 bits per heavy atom. The summed E-state index contributed by atoms with van der Waals surface area (Å²) in [7, 11) is 0. The van der Waals surface area contributed by atoms with E-state index in [2.05, 4.69) is 220 Å². The van der Waals surface area contributed by atoms with Gasteiger partial charge in [0.2, 0.25) is 0 Å². The second kappa shape index (κ2) is 20.2. The number of hydrogen-bond acceptors (Lipinski definition) is 2. The molecule has 2 unspecified atom stereocenters. The van der Waals surface area contributed by atoms with Crippen molar-refractivity contribution in [3.8, 4) is 61.4 Å². The van der Waals surface area contributed by atoms with Gasteiger partial charge in [-0.15, -0.1) is 0 Å². The minimum Gasteiger partial charge on any atom is -0.488 e. The van der Waals surface area contributed by atoms with Gasteiger partial charge in [0.1, 0.15) is 23.2 Å². The van der Waals surface area contributed by atoms with Crippen LogP contribution >= 0.6 is 0 Å². The van der Waals surface area contributed by atoms with Crippen LogP contribution in [0.25, 0.3) is 98.9 Å². The Morgan fingerprint density at radius 1 is 0.403 bits per heavy atom. The van der Waals surface area contributed by atoms with E-state index in [4.69, 9.17) is 9.15 Å². The first-order chi connectivity index (χ1) is 35.6. The second-order valence-electron chi connectivity index (χ2n) is 20.1. The van der Waals surface area contributed by atoms with E-state index in [1.165, 1.54) is 116 Å². The molecule has 1 aromatic heterocycles. The second-order valence-corrected chi connectivity index (χ2v) is 20.1.